The number of amidine groups is 1. The van der Waals surface area contributed by atoms with Gasteiger partial charge in [0.25, 0.3) is 6.02 Å². The van der Waals surface area contributed by atoms with E-state index in [0.29, 0.717) is 43.6 Å². The van der Waals surface area contributed by atoms with Crippen molar-refractivity contribution in [2.45, 2.75) is 44.1 Å². The van der Waals surface area contributed by atoms with Crippen molar-refractivity contribution < 1.29 is 31.5 Å². The largest absolute Gasteiger partial charge is 0.455 e. The Balaban J connectivity index is 1.10. The number of halogens is 4. The van der Waals surface area contributed by atoms with Crippen molar-refractivity contribution in [1.82, 2.24) is 19.8 Å². The van der Waals surface area contributed by atoms with E-state index in [-0.39, 0.29) is 29.7 Å². The molecule has 10 nitrogen and oxygen atoms in total. The molecular formula is C27H25F4N7O3. The third-order valence-corrected chi connectivity index (χ3v) is 7.13. The molecule has 2 unspecified atom stereocenters. The van der Waals surface area contributed by atoms with Crippen LogP contribution in [-0.4, -0.2) is 51.0 Å². The first kappa shape index (κ1) is 26.6. The monoisotopic (exact) mass is 571 g/mol. The Morgan fingerprint density at radius 1 is 1.12 bits per heavy atom. The molecule has 3 aliphatic heterocycles. The van der Waals surface area contributed by atoms with Crippen LogP contribution in [0.15, 0.2) is 64.5 Å². The number of nitrogens with one attached hydrogen (secondary N) is 2. The Morgan fingerprint density at radius 3 is 2.61 bits per heavy atom. The Morgan fingerprint density at radius 2 is 1.88 bits per heavy atom. The van der Waals surface area contributed by atoms with E-state index in [4.69, 9.17) is 14.1 Å². The number of alkyl halides is 3. The molecule has 1 saturated heterocycles. The van der Waals surface area contributed by atoms with Crippen molar-refractivity contribution >= 4 is 23.7 Å². The Bertz CT molecular complexity index is 1500. The normalized spacial score (nSPS) is 20.6. The van der Waals surface area contributed by atoms with Crippen molar-refractivity contribution in [1.29, 1.82) is 0 Å². The van der Waals surface area contributed by atoms with Gasteiger partial charge in [-0.25, -0.2) is 24.1 Å². The number of nitrogens with zero attached hydrogens (tertiary/aromatic N) is 5. The number of rotatable bonds is 5. The second-order valence-electron chi connectivity index (χ2n) is 9.90. The zero-order chi connectivity index (χ0) is 28.7. The number of likely N-dealkylation sites (tertiary alicyclic amines) is 1. The Labute approximate surface area is 231 Å². The molecule has 6 rings (SSSR count). The van der Waals surface area contributed by atoms with Gasteiger partial charge in [-0.2, -0.15) is 13.2 Å². The van der Waals surface area contributed by atoms with E-state index in [1.165, 1.54) is 30.2 Å². The first-order valence-electron chi connectivity index (χ1n) is 12.9. The van der Waals surface area contributed by atoms with Crippen LogP contribution in [0.25, 0.3) is 0 Å². The molecule has 0 aliphatic carbocycles. The lowest BCUT2D eigenvalue weighted by atomic mass is 9.97. The molecule has 3 aromatic rings. The molecule has 1 aromatic carbocycles. The van der Waals surface area contributed by atoms with Gasteiger partial charge in [-0.15, -0.1) is 0 Å². The van der Waals surface area contributed by atoms with Gasteiger partial charge in [-0.1, -0.05) is 12.1 Å². The van der Waals surface area contributed by atoms with Crippen LogP contribution in [0.4, 0.5) is 34.0 Å². The summed E-state index contributed by atoms with van der Waals surface area (Å²) in [4.78, 5) is 29.8. The van der Waals surface area contributed by atoms with E-state index in [1.807, 2.05) is 4.90 Å². The third kappa shape index (κ3) is 5.41. The maximum atomic E-state index is 13.5. The first-order valence-corrected chi connectivity index (χ1v) is 12.9. The number of benzene rings is 1. The number of aryl methyl sites for hydroxylation is 1. The topological polar surface area (TPSA) is 108 Å². The zero-order valence-electron chi connectivity index (χ0n) is 21.7. The van der Waals surface area contributed by atoms with Crippen LogP contribution in [0.2, 0.25) is 0 Å². The number of urea groups is 1. The van der Waals surface area contributed by atoms with Gasteiger partial charge in [0.15, 0.2) is 0 Å². The van der Waals surface area contributed by atoms with Crippen LogP contribution < -0.4 is 10.6 Å². The minimum Gasteiger partial charge on any atom is -0.455 e. The number of aliphatic imine (C=N–C) groups is 1. The molecule has 3 aliphatic rings. The number of hydrogen-bond acceptors (Lipinski definition) is 8. The van der Waals surface area contributed by atoms with Crippen LogP contribution in [-0.2, 0) is 10.9 Å². The quantitative estimate of drug-likeness (QED) is 0.384. The molecule has 0 saturated carbocycles. The standard InChI is InChI=1S/C27H25F4N7O3/c1-15-14-20(23(41-15)27(29,30)31)35-25(39)37-10-7-18(8-11-37)33-24-32-9-6-19(34-24)22-21(16-2-4-17(28)5-3-16)36-26-38(22)12-13-40-26/h2-6,9,12-14,18,21-22H,7-8,10-11H2,1H3,(H,35,39)(H,32,33,34). The fourth-order valence-electron chi connectivity index (χ4n) is 5.18. The highest BCUT2D eigenvalue weighted by Crippen LogP contribution is 2.43. The van der Waals surface area contributed by atoms with Crippen molar-refractivity contribution in [2.24, 2.45) is 4.99 Å². The van der Waals surface area contributed by atoms with Gasteiger partial charge >= 0.3 is 12.2 Å². The summed E-state index contributed by atoms with van der Waals surface area (Å²) in [5.74, 6) is -1.12. The molecular weight excluding hydrogens is 546 g/mol. The zero-order valence-corrected chi connectivity index (χ0v) is 21.7. The molecule has 2 aromatic heterocycles. The minimum atomic E-state index is -4.72. The number of carbonyl (C=O) groups excluding carboxylic acids is 1. The van der Waals surface area contributed by atoms with Crippen LogP contribution in [0.1, 0.15) is 47.7 Å². The van der Waals surface area contributed by atoms with E-state index in [9.17, 15) is 22.4 Å². The van der Waals surface area contributed by atoms with Crippen molar-refractivity contribution in [2.75, 3.05) is 23.7 Å². The van der Waals surface area contributed by atoms with Gasteiger partial charge in [-0.05, 0) is 43.5 Å². The van der Waals surface area contributed by atoms with Crippen LogP contribution in [0.3, 0.4) is 0 Å². The first-order chi connectivity index (χ1) is 19.7. The molecule has 0 radical (unpaired) electrons. The smallest absolute Gasteiger partial charge is 0.451 e. The molecule has 0 spiro atoms. The van der Waals surface area contributed by atoms with Gasteiger partial charge < -0.3 is 24.7 Å². The number of hydrogen-bond donors (Lipinski definition) is 2. The van der Waals surface area contributed by atoms with E-state index >= 15 is 0 Å². The second-order valence-corrected chi connectivity index (χ2v) is 9.90. The highest BCUT2D eigenvalue weighted by molar-refractivity contribution is 5.90. The summed E-state index contributed by atoms with van der Waals surface area (Å²) in [7, 11) is 0. The Hall–Kier alpha value is -4.62. The predicted molar refractivity (Wildman–Crippen MR) is 139 cm³/mol. The lowest BCUT2D eigenvalue weighted by Gasteiger charge is -2.32. The fourth-order valence-corrected chi connectivity index (χ4v) is 5.18. The van der Waals surface area contributed by atoms with Gasteiger partial charge in [0.05, 0.1) is 11.4 Å². The Kier molecular flexibility index (Phi) is 6.75. The maximum absolute atomic E-state index is 13.5. The van der Waals surface area contributed by atoms with Crippen molar-refractivity contribution in [3.8, 4) is 0 Å². The van der Waals surface area contributed by atoms with Crippen molar-refractivity contribution in [3.05, 3.63) is 83.7 Å². The molecule has 214 valence electrons. The van der Waals surface area contributed by atoms with Crippen molar-refractivity contribution in [3.63, 3.8) is 0 Å². The average Bonchev–Trinajstić information content (AvgIpc) is 3.64. The van der Waals surface area contributed by atoms with E-state index < -0.39 is 23.7 Å². The molecule has 14 heteroatoms. The third-order valence-electron chi connectivity index (χ3n) is 7.13. The summed E-state index contributed by atoms with van der Waals surface area (Å²) in [6.45, 7) is 2.03. The summed E-state index contributed by atoms with van der Waals surface area (Å²) in [5.41, 5.74) is 1.09. The maximum Gasteiger partial charge on any atom is 0.451 e. The average molecular weight is 572 g/mol. The van der Waals surface area contributed by atoms with Crippen LogP contribution >= 0.6 is 0 Å². The highest BCUT2D eigenvalue weighted by Gasteiger charge is 2.42. The van der Waals surface area contributed by atoms with Gasteiger partial charge in [0, 0.05) is 37.6 Å². The molecule has 5 heterocycles. The number of ether oxygens (including phenoxy) is 1. The summed E-state index contributed by atoms with van der Waals surface area (Å²) in [6.07, 6.45) is 1.30. The fraction of sp³-hybridized carbons (Fsp3) is 0.333. The summed E-state index contributed by atoms with van der Waals surface area (Å²) < 4.78 is 63.4. The molecule has 2 amide bonds. The van der Waals surface area contributed by atoms with E-state index in [1.54, 1.807) is 30.6 Å². The summed E-state index contributed by atoms with van der Waals surface area (Å²) >= 11 is 0. The lowest BCUT2D eigenvalue weighted by molar-refractivity contribution is -0.152. The molecule has 2 atom stereocenters. The summed E-state index contributed by atoms with van der Waals surface area (Å²) in [6, 6.07) is 8.11. The number of piperidine rings is 1. The minimum absolute atomic E-state index is 0.0513. The number of aromatic nitrogens is 2. The van der Waals surface area contributed by atoms with Gasteiger partial charge in [-0.3, -0.25) is 4.90 Å². The summed E-state index contributed by atoms with van der Waals surface area (Å²) in [5, 5.41) is 5.63. The van der Waals surface area contributed by atoms with Crippen LogP contribution in [0, 0.1) is 12.7 Å². The number of carbonyl (C=O) groups is 1. The molecule has 41 heavy (non-hydrogen) atoms. The second kappa shape index (κ2) is 10.4. The SMILES string of the molecule is Cc1cc(NC(=O)N2CCC(Nc3nccc(C4C(c5ccc(F)cc5)N=C5OC=CN54)n3)CC2)c(C(F)(F)F)o1. The molecule has 1 fully saturated rings. The highest BCUT2D eigenvalue weighted by atomic mass is 19.4. The molecule has 0 bridgehead atoms. The van der Waals surface area contributed by atoms with Gasteiger partial charge in [0.1, 0.15) is 29.9 Å². The number of furan rings is 1. The van der Waals surface area contributed by atoms with E-state index in [2.05, 4.69) is 20.6 Å². The number of fused-ring (bicyclic) bond motifs is 1. The predicted octanol–water partition coefficient (Wildman–Crippen LogP) is 5.60. The van der Waals surface area contributed by atoms with Crippen LogP contribution in [0.5, 0.6) is 0 Å². The van der Waals surface area contributed by atoms with E-state index in [0.717, 1.165) is 11.6 Å². The lowest BCUT2D eigenvalue weighted by Crippen LogP contribution is -2.44. The van der Waals surface area contributed by atoms with Gasteiger partial charge in [0.2, 0.25) is 11.7 Å². The molecule has 2 N–H and O–H groups in total. The number of anilines is 2. The number of amides is 2.